The van der Waals surface area contributed by atoms with Crippen molar-refractivity contribution in [1.82, 2.24) is 20.0 Å². The van der Waals surface area contributed by atoms with Gasteiger partial charge in [-0.1, -0.05) is 0 Å². The summed E-state index contributed by atoms with van der Waals surface area (Å²) >= 11 is 3.19. The Morgan fingerprint density at radius 3 is 2.41 bits per heavy atom. The second-order valence-electron chi connectivity index (χ2n) is 6.04. The lowest BCUT2D eigenvalue weighted by Gasteiger charge is -2.35. The van der Waals surface area contributed by atoms with E-state index in [1.54, 1.807) is 22.2 Å². The van der Waals surface area contributed by atoms with E-state index in [2.05, 4.69) is 30.9 Å². The molecule has 0 spiro atoms. The monoisotopic (exact) mass is 447 g/mol. The minimum Gasteiger partial charge on any atom is -0.338 e. The lowest BCUT2D eigenvalue weighted by atomic mass is 10.2. The zero-order valence-corrected chi connectivity index (χ0v) is 15.9. The van der Waals surface area contributed by atoms with E-state index in [0.29, 0.717) is 30.7 Å². The highest BCUT2D eigenvalue weighted by molar-refractivity contribution is 9.10. The summed E-state index contributed by atoms with van der Waals surface area (Å²) in [5.74, 6) is 0.264. The number of alkyl halides is 3. The summed E-state index contributed by atoms with van der Waals surface area (Å²) < 4.78 is 38.2. The van der Waals surface area contributed by atoms with Gasteiger partial charge >= 0.3 is 6.18 Å². The van der Waals surface area contributed by atoms with Crippen molar-refractivity contribution in [3.63, 3.8) is 0 Å². The minimum absolute atomic E-state index is 0.212. The zero-order chi connectivity index (χ0) is 19.6. The van der Waals surface area contributed by atoms with Gasteiger partial charge in [-0.25, -0.2) is 9.97 Å². The van der Waals surface area contributed by atoms with Crippen LogP contribution in [0.4, 0.5) is 19.1 Å². The number of nitrogens with zero attached hydrogens (tertiary/aromatic N) is 4. The maximum atomic E-state index is 12.6. The van der Waals surface area contributed by atoms with Crippen molar-refractivity contribution in [1.29, 1.82) is 0 Å². The average Bonchev–Trinajstić information content (AvgIpc) is 2.64. The molecule has 0 aromatic carbocycles. The standard InChI is InChI=1S/C16H17BrF3N5O2/c1-10(11-6-13(17)14(26)21-7-11)27-25-4-2-24(3-5-25)15-22-8-12(9-23-15)16(18,19)20/h6-10H,2-5H2,1H3,(H,21,26). The second kappa shape index (κ2) is 7.95. The van der Waals surface area contributed by atoms with E-state index in [1.807, 2.05) is 6.92 Å². The van der Waals surface area contributed by atoms with Gasteiger partial charge in [-0.2, -0.15) is 18.2 Å². The first-order chi connectivity index (χ1) is 12.7. The Labute approximate surface area is 161 Å². The van der Waals surface area contributed by atoms with Crippen molar-refractivity contribution in [2.45, 2.75) is 19.2 Å². The van der Waals surface area contributed by atoms with Gasteiger partial charge in [0.1, 0.15) is 6.10 Å². The SMILES string of the molecule is CC(ON1CCN(c2ncc(C(F)(F)F)cn2)CC1)c1c[nH]c(=O)c(Br)c1. The number of aromatic nitrogens is 3. The predicted molar refractivity (Wildman–Crippen MR) is 95.1 cm³/mol. The zero-order valence-electron chi connectivity index (χ0n) is 14.3. The molecule has 1 atom stereocenters. The molecule has 1 aliphatic heterocycles. The molecule has 0 saturated carbocycles. The van der Waals surface area contributed by atoms with Gasteiger partial charge in [-0.15, -0.1) is 0 Å². The maximum Gasteiger partial charge on any atom is 0.419 e. The van der Waals surface area contributed by atoms with Gasteiger partial charge < -0.3 is 9.88 Å². The van der Waals surface area contributed by atoms with Gasteiger partial charge in [-0.3, -0.25) is 9.63 Å². The molecule has 146 valence electrons. The Kier molecular flexibility index (Phi) is 5.82. The number of hydrogen-bond donors (Lipinski definition) is 1. The molecule has 2 aromatic heterocycles. The Balaban J connectivity index is 1.55. The number of anilines is 1. The fourth-order valence-corrected chi connectivity index (χ4v) is 2.99. The number of rotatable bonds is 4. The van der Waals surface area contributed by atoms with E-state index in [4.69, 9.17) is 4.84 Å². The van der Waals surface area contributed by atoms with Crippen LogP contribution in [0.15, 0.2) is 33.9 Å². The first kappa shape index (κ1) is 19.8. The third kappa shape index (κ3) is 4.85. The summed E-state index contributed by atoms with van der Waals surface area (Å²) in [6.07, 6.45) is -1.53. The largest absolute Gasteiger partial charge is 0.419 e. The molecule has 0 radical (unpaired) electrons. The van der Waals surface area contributed by atoms with Crippen LogP contribution in [0.1, 0.15) is 24.2 Å². The fraction of sp³-hybridized carbons (Fsp3) is 0.438. The number of hydroxylamine groups is 2. The van der Waals surface area contributed by atoms with Crippen LogP contribution in [0, 0.1) is 0 Å². The lowest BCUT2D eigenvalue weighted by molar-refractivity contribution is -0.197. The van der Waals surface area contributed by atoms with E-state index in [9.17, 15) is 18.0 Å². The number of hydrogen-bond acceptors (Lipinski definition) is 6. The van der Waals surface area contributed by atoms with Crippen LogP contribution in [0.5, 0.6) is 0 Å². The van der Waals surface area contributed by atoms with Crippen LogP contribution >= 0.6 is 15.9 Å². The highest BCUT2D eigenvalue weighted by Gasteiger charge is 2.32. The molecule has 0 bridgehead atoms. The van der Waals surface area contributed by atoms with E-state index in [1.165, 1.54) is 0 Å². The maximum absolute atomic E-state index is 12.6. The molecule has 1 fully saturated rings. The van der Waals surface area contributed by atoms with Crippen LogP contribution in [0.25, 0.3) is 0 Å². The summed E-state index contributed by atoms with van der Waals surface area (Å²) in [5, 5.41) is 1.78. The first-order valence-corrected chi connectivity index (χ1v) is 8.97. The van der Waals surface area contributed by atoms with Gasteiger partial charge in [-0.05, 0) is 34.5 Å². The summed E-state index contributed by atoms with van der Waals surface area (Å²) in [6, 6.07) is 1.70. The van der Waals surface area contributed by atoms with Crippen LogP contribution < -0.4 is 10.5 Å². The molecule has 2 aromatic rings. The molecule has 0 amide bonds. The number of nitrogens with one attached hydrogen (secondary N) is 1. The van der Waals surface area contributed by atoms with Crippen LogP contribution in [-0.2, 0) is 11.0 Å². The predicted octanol–water partition coefficient (Wildman–Crippen LogP) is 2.76. The second-order valence-corrected chi connectivity index (χ2v) is 6.90. The number of pyridine rings is 1. The molecule has 0 aliphatic carbocycles. The Morgan fingerprint density at radius 2 is 1.85 bits per heavy atom. The number of piperazine rings is 1. The van der Waals surface area contributed by atoms with Crippen LogP contribution in [-0.4, -0.2) is 46.2 Å². The van der Waals surface area contributed by atoms with Crippen LogP contribution in [0.2, 0.25) is 0 Å². The smallest absolute Gasteiger partial charge is 0.338 e. The van der Waals surface area contributed by atoms with Gasteiger partial charge in [0.2, 0.25) is 5.95 Å². The van der Waals surface area contributed by atoms with Gasteiger partial charge in [0, 0.05) is 44.8 Å². The molecule has 1 unspecified atom stereocenters. The molecule has 27 heavy (non-hydrogen) atoms. The highest BCUT2D eigenvalue weighted by Crippen LogP contribution is 2.28. The quantitative estimate of drug-likeness (QED) is 0.776. The van der Waals surface area contributed by atoms with E-state index < -0.39 is 11.7 Å². The average molecular weight is 448 g/mol. The first-order valence-electron chi connectivity index (χ1n) is 8.18. The molecule has 3 rings (SSSR count). The van der Waals surface area contributed by atoms with Crippen molar-refractivity contribution < 1.29 is 18.0 Å². The van der Waals surface area contributed by atoms with E-state index >= 15 is 0 Å². The molecule has 3 heterocycles. The Bertz CT molecular complexity index is 835. The third-order valence-electron chi connectivity index (χ3n) is 4.14. The molecule has 11 heteroatoms. The topological polar surface area (TPSA) is 74.3 Å². The highest BCUT2D eigenvalue weighted by atomic mass is 79.9. The summed E-state index contributed by atoms with van der Waals surface area (Å²) in [4.78, 5) is 29.4. The van der Waals surface area contributed by atoms with E-state index in [-0.39, 0.29) is 17.6 Å². The van der Waals surface area contributed by atoms with E-state index in [0.717, 1.165) is 18.0 Å². The van der Waals surface area contributed by atoms with Crippen molar-refractivity contribution in [3.8, 4) is 0 Å². The number of aromatic amines is 1. The lowest BCUT2D eigenvalue weighted by Crippen LogP contribution is -2.47. The van der Waals surface area contributed by atoms with Gasteiger partial charge in [0.25, 0.3) is 5.56 Å². The molecule has 1 N–H and O–H groups in total. The minimum atomic E-state index is -4.45. The molecule has 7 nitrogen and oxygen atoms in total. The third-order valence-corrected chi connectivity index (χ3v) is 4.73. The number of halogens is 4. The summed E-state index contributed by atoms with van der Waals surface area (Å²) in [6.45, 7) is 3.99. The Morgan fingerprint density at radius 1 is 1.22 bits per heavy atom. The molecular formula is C16H17BrF3N5O2. The Hall–Kier alpha value is -1.98. The molecule has 1 aliphatic rings. The van der Waals surface area contributed by atoms with Crippen molar-refractivity contribution >= 4 is 21.9 Å². The number of H-pyrrole nitrogens is 1. The molecule has 1 saturated heterocycles. The summed E-state index contributed by atoms with van der Waals surface area (Å²) in [7, 11) is 0. The normalized spacial score (nSPS) is 17.1. The van der Waals surface area contributed by atoms with Crippen molar-refractivity contribution in [2.24, 2.45) is 0 Å². The van der Waals surface area contributed by atoms with Gasteiger partial charge in [0.05, 0.1) is 10.0 Å². The van der Waals surface area contributed by atoms with Crippen molar-refractivity contribution in [3.05, 3.63) is 50.6 Å². The summed E-state index contributed by atoms with van der Waals surface area (Å²) in [5.41, 5.74) is -0.264. The molecular weight excluding hydrogens is 431 g/mol. The fourth-order valence-electron chi connectivity index (χ4n) is 2.61. The van der Waals surface area contributed by atoms with Gasteiger partial charge in [0.15, 0.2) is 0 Å². The van der Waals surface area contributed by atoms with Crippen LogP contribution in [0.3, 0.4) is 0 Å². The van der Waals surface area contributed by atoms with Crippen molar-refractivity contribution in [2.75, 3.05) is 31.1 Å².